The number of hydrogen-bond acceptors (Lipinski definition) is 8. The maximum absolute atomic E-state index is 13.1. The van der Waals surface area contributed by atoms with Gasteiger partial charge in [0.15, 0.2) is 5.82 Å². The number of aliphatic hydroxyl groups is 2. The van der Waals surface area contributed by atoms with Crippen LogP contribution < -0.4 is 10.9 Å². The molecule has 0 bridgehead atoms. The smallest absolute Gasteiger partial charge is 0.287 e. The van der Waals surface area contributed by atoms with E-state index in [9.17, 15) is 14.7 Å². The Hall–Kier alpha value is -3.21. The molecule has 1 amide bonds. The Kier molecular flexibility index (Phi) is 5.53. The Morgan fingerprint density at radius 1 is 1.13 bits per heavy atom. The number of nitrogens with zero attached hydrogens (tertiary/aromatic N) is 4. The molecule has 0 aliphatic heterocycles. The molecule has 3 heterocycles. The van der Waals surface area contributed by atoms with Crippen LogP contribution in [-0.4, -0.2) is 55.4 Å². The second kappa shape index (κ2) is 8.27. The van der Waals surface area contributed by atoms with Crippen molar-refractivity contribution in [2.75, 3.05) is 19.8 Å². The van der Waals surface area contributed by atoms with Crippen molar-refractivity contribution in [1.29, 1.82) is 0 Å². The lowest BCUT2D eigenvalue weighted by atomic mass is 10.2. The number of thiophene rings is 1. The molecule has 0 aliphatic rings. The van der Waals surface area contributed by atoms with Crippen molar-refractivity contribution in [3.63, 3.8) is 0 Å². The number of hydrogen-bond donors (Lipinski definition) is 3. The lowest BCUT2D eigenvalue weighted by Crippen LogP contribution is -2.35. The summed E-state index contributed by atoms with van der Waals surface area (Å²) >= 11 is 1.19. The molecule has 9 nitrogen and oxygen atoms in total. The normalized spacial score (nSPS) is 11.3. The van der Waals surface area contributed by atoms with Crippen molar-refractivity contribution in [3.05, 3.63) is 52.2 Å². The number of aliphatic hydroxyl groups excluding tert-OH is 2. The molecule has 3 aromatic heterocycles. The zero-order chi connectivity index (χ0) is 21.3. The van der Waals surface area contributed by atoms with Gasteiger partial charge < -0.3 is 15.5 Å². The molecule has 0 aliphatic carbocycles. The number of aryl methyl sites for hydroxylation is 1. The fraction of sp³-hybridized carbons (Fsp3) is 0.250. The van der Waals surface area contributed by atoms with Crippen molar-refractivity contribution in [1.82, 2.24) is 24.8 Å². The first-order valence-corrected chi connectivity index (χ1v) is 10.1. The molecule has 154 valence electrons. The van der Waals surface area contributed by atoms with Gasteiger partial charge in [-0.3, -0.25) is 14.2 Å². The third-order valence-electron chi connectivity index (χ3n) is 4.58. The van der Waals surface area contributed by atoms with E-state index in [1.54, 1.807) is 0 Å². The summed E-state index contributed by atoms with van der Waals surface area (Å²) in [6.07, 6.45) is 0. The zero-order valence-corrected chi connectivity index (χ0v) is 16.9. The number of benzene rings is 1. The topological polar surface area (TPSA) is 130 Å². The predicted molar refractivity (Wildman–Crippen MR) is 114 cm³/mol. The molecule has 0 saturated carbocycles. The summed E-state index contributed by atoms with van der Waals surface area (Å²) in [5.41, 5.74) is 1.45. The highest BCUT2D eigenvalue weighted by atomic mass is 32.1. The third kappa shape index (κ3) is 3.45. The summed E-state index contributed by atoms with van der Waals surface area (Å²) in [5, 5.41) is 21.5. The summed E-state index contributed by atoms with van der Waals surface area (Å²) in [4.78, 5) is 39.9. The molecule has 0 fully saturated rings. The van der Waals surface area contributed by atoms with Gasteiger partial charge in [0.2, 0.25) is 5.82 Å². The Bertz CT molecular complexity index is 1300. The maximum atomic E-state index is 13.1. The number of aromatic nitrogens is 4. The second-order valence-electron chi connectivity index (χ2n) is 6.55. The lowest BCUT2D eigenvalue weighted by Gasteiger charge is -2.11. The van der Waals surface area contributed by atoms with E-state index in [0.29, 0.717) is 32.0 Å². The number of carbonyl (C=O) groups is 1. The van der Waals surface area contributed by atoms with E-state index < -0.39 is 11.5 Å². The average Bonchev–Trinajstić information content (AvgIpc) is 3.14. The molecular weight excluding hydrogens is 406 g/mol. The Balaban J connectivity index is 1.97. The first-order valence-electron chi connectivity index (χ1n) is 9.32. The van der Waals surface area contributed by atoms with Gasteiger partial charge in [0.1, 0.15) is 15.0 Å². The van der Waals surface area contributed by atoms with E-state index in [1.165, 1.54) is 11.3 Å². The van der Waals surface area contributed by atoms with Crippen LogP contribution in [-0.2, 0) is 6.54 Å². The largest absolute Gasteiger partial charge is 0.395 e. The fourth-order valence-electron chi connectivity index (χ4n) is 3.23. The average molecular weight is 425 g/mol. The van der Waals surface area contributed by atoms with Gasteiger partial charge in [0.05, 0.1) is 30.8 Å². The fourth-order valence-corrected chi connectivity index (χ4v) is 4.35. The molecule has 10 heteroatoms. The van der Waals surface area contributed by atoms with Crippen LogP contribution >= 0.6 is 11.3 Å². The van der Waals surface area contributed by atoms with Crippen molar-refractivity contribution in [3.8, 4) is 11.4 Å². The molecule has 3 N–H and O–H groups in total. The van der Waals surface area contributed by atoms with Gasteiger partial charge in [-0.2, -0.15) is 0 Å². The minimum Gasteiger partial charge on any atom is -0.395 e. The quantitative estimate of drug-likeness (QED) is 0.421. The highest BCUT2D eigenvalue weighted by Gasteiger charge is 2.22. The maximum Gasteiger partial charge on any atom is 0.287 e. The third-order valence-corrected chi connectivity index (χ3v) is 5.64. The SMILES string of the molecule is Cc1nc(-c2ccccc2)nc2sc3c(=O)n(CCO)c(C(=O)NCCO)nc3c12. The first kappa shape index (κ1) is 20.1. The van der Waals surface area contributed by atoms with Gasteiger partial charge in [0, 0.05) is 12.1 Å². The zero-order valence-electron chi connectivity index (χ0n) is 16.1. The monoisotopic (exact) mass is 425 g/mol. The van der Waals surface area contributed by atoms with Crippen LogP contribution in [0.25, 0.3) is 31.8 Å². The second-order valence-corrected chi connectivity index (χ2v) is 7.55. The number of rotatable bonds is 6. The minimum absolute atomic E-state index is 0.0266. The van der Waals surface area contributed by atoms with Gasteiger partial charge in [-0.1, -0.05) is 30.3 Å². The highest BCUT2D eigenvalue weighted by molar-refractivity contribution is 7.25. The van der Waals surface area contributed by atoms with Crippen LogP contribution in [0.5, 0.6) is 0 Å². The molecule has 0 unspecified atom stereocenters. The van der Waals surface area contributed by atoms with E-state index in [1.807, 2.05) is 37.3 Å². The van der Waals surface area contributed by atoms with E-state index in [-0.39, 0.29) is 32.1 Å². The molecule has 0 saturated heterocycles. The van der Waals surface area contributed by atoms with E-state index in [2.05, 4.69) is 20.3 Å². The van der Waals surface area contributed by atoms with Crippen molar-refractivity contribution in [2.45, 2.75) is 13.5 Å². The number of carbonyl (C=O) groups excluding carboxylic acids is 1. The van der Waals surface area contributed by atoms with E-state index in [4.69, 9.17) is 5.11 Å². The van der Waals surface area contributed by atoms with Crippen molar-refractivity contribution >= 4 is 37.7 Å². The van der Waals surface area contributed by atoms with Gasteiger partial charge in [-0.25, -0.2) is 15.0 Å². The van der Waals surface area contributed by atoms with E-state index >= 15 is 0 Å². The molecule has 0 spiro atoms. The summed E-state index contributed by atoms with van der Waals surface area (Å²) in [6.45, 7) is 1.20. The Morgan fingerprint density at radius 2 is 1.90 bits per heavy atom. The van der Waals surface area contributed by atoms with Crippen LogP contribution in [0.1, 0.15) is 16.3 Å². The van der Waals surface area contributed by atoms with Crippen LogP contribution in [0.3, 0.4) is 0 Å². The number of fused-ring (bicyclic) bond motifs is 3. The molecular formula is C20H19N5O4S. The summed E-state index contributed by atoms with van der Waals surface area (Å²) < 4.78 is 1.49. The number of nitrogens with one attached hydrogen (secondary N) is 1. The first-order chi connectivity index (χ1) is 14.5. The minimum atomic E-state index is -0.602. The van der Waals surface area contributed by atoms with Crippen LogP contribution in [0.15, 0.2) is 35.1 Å². The number of amides is 1. The summed E-state index contributed by atoms with van der Waals surface area (Å²) in [5.74, 6) is -0.180. The lowest BCUT2D eigenvalue weighted by molar-refractivity contribution is 0.0927. The van der Waals surface area contributed by atoms with Crippen LogP contribution in [0.2, 0.25) is 0 Å². The Morgan fingerprint density at radius 3 is 2.60 bits per heavy atom. The highest BCUT2D eigenvalue weighted by Crippen LogP contribution is 2.32. The molecule has 4 rings (SSSR count). The molecule has 4 aromatic rings. The molecule has 1 aromatic carbocycles. The van der Waals surface area contributed by atoms with Gasteiger partial charge >= 0.3 is 0 Å². The van der Waals surface area contributed by atoms with Gasteiger partial charge in [0.25, 0.3) is 11.5 Å². The predicted octanol–water partition coefficient (Wildman–Crippen LogP) is 1.09. The van der Waals surface area contributed by atoms with Crippen LogP contribution in [0.4, 0.5) is 0 Å². The molecule has 0 radical (unpaired) electrons. The van der Waals surface area contributed by atoms with E-state index in [0.717, 1.165) is 10.1 Å². The van der Waals surface area contributed by atoms with Gasteiger partial charge in [-0.05, 0) is 6.92 Å². The summed E-state index contributed by atoms with van der Waals surface area (Å²) in [6, 6.07) is 9.52. The van der Waals surface area contributed by atoms with Gasteiger partial charge in [-0.15, -0.1) is 11.3 Å². The van der Waals surface area contributed by atoms with Crippen molar-refractivity contribution < 1.29 is 15.0 Å². The Labute approximate surface area is 174 Å². The van der Waals surface area contributed by atoms with Crippen LogP contribution in [0, 0.1) is 6.92 Å². The molecule has 0 atom stereocenters. The standard InChI is InChI=1S/C20H19N5O4S/c1-11-13-14-15(30-19(13)24-16(22-11)12-5-3-2-4-6-12)20(29)25(8-10-27)17(23-14)18(28)21-7-9-26/h2-6,26-27H,7-10H2,1H3,(H,21,28). The molecule has 30 heavy (non-hydrogen) atoms. The summed E-state index contributed by atoms with van der Waals surface area (Å²) in [7, 11) is 0. The van der Waals surface area contributed by atoms with Crippen molar-refractivity contribution in [2.24, 2.45) is 0 Å².